The fourth-order valence-corrected chi connectivity index (χ4v) is 2.07. The van der Waals surface area contributed by atoms with Gasteiger partial charge in [0, 0.05) is 26.2 Å². The van der Waals surface area contributed by atoms with Crippen molar-refractivity contribution in [2.75, 3.05) is 26.2 Å². The minimum absolute atomic E-state index is 0.167. The van der Waals surface area contributed by atoms with E-state index in [9.17, 15) is 9.90 Å². The first-order valence-electron chi connectivity index (χ1n) is 5.94. The van der Waals surface area contributed by atoms with Crippen LogP contribution < -0.4 is 5.32 Å². The molecule has 17 heavy (non-hydrogen) atoms. The van der Waals surface area contributed by atoms with Crippen LogP contribution in [0, 0.1) is 6.92 Å². The minimum Gasteiger partial charge on any atom is -0.508 e. The largest absolute Gasteiger partial charge is 0.508 e. The zero-order valence-electron chi connectivity index (χ0n) is 10.1. The summed E-state index contributed by atoms with van der Waals surface area (Å²) in [7, 11) is 0. The third kappa shape index (κ3) is 2.97. The van der Waals surface area contributed by atoms with Gasteiger partial charge in [0.15, 0.2) is 0 Å². The predicted octanol–water partition coefficient (Wildman–Crippen LogP) is 0.675. The van der Waals surface area contributed by atoms with E-state index in [1.165, 1.54) is 0 Å². The summed E-state index contributed by atoms with van der Waals surface area (Å²) in [6.07, 6.45) is 0.423. The molecule has 0 saturated carbocycles. The third-order valence-corrected chi connectivity index (χ3v) is 3.14. The molecule has 4 nitrogen and oxygen atoms in total. The maximum absolute atomic E-state index is 12.0. The molecule has 0 bridgehead atoms. The van der Waals surface area contributed by atoms with Crippen molar-refractivity contribution in [3.8, 4) is 5.75 Å². The number of piperazine rings is 1. The fraction of sp³-hybridized carbons (Fsp3) is 0.462. The van der Waals surface area contributed by atoms with Crippen LogP contribution >= 0.6 is 0 Å². The molecule has 1 fully saturated rings. The summed E-state index contributed by atoms with van der Waals surface area (Å²) in [5, 5.41) is 12.5. The van der Waals surface area contributed by atoms with Crippen LogP contribution in [0.25, 0.3) is 0 Å². The number of carbonyl (C=O) groups excluding carboxylic acids is 1. The zero-order valence-corrected chi connectivity index (χ0v) is 10.1. The molecule has 0 spiro atoms. The molecule has 92 valence electrons. The molecule has 0 aliphatic carbocycles. The van der Waals surface area contributed by atoms with Gasteiger partial charge in [-0.1, -0.05) is 6.07 Å². The molecule has 0 radical (unpaired) electrons. The predicted molar refractivity (Wildman–Crippen MR) is 66.0 cm³/mol. The second kappa shape index (κ2) is 5.19. The SMILES string of the molecule is Cc1cc(O)ccc1CC(=O)N1CCNCC1. The van der Waals surface area contributed by atoms with E-state index in [0.717, 1.165) is 37.3 Å². The van der Waals surface area contributed by atoms with Crippen molar-refractivity contribution in [3.63, 3.8) is 0 Å². The van der Waals surface area contributed by atoms with Crippen LogP contribution in [0.15, 0.2) is 18.2 Å². The van der Waals surface area contributed by atoms with E-state index in [4.69, 9.17) is 0 Å². The number of benzene rings is 1. The molecule has 1 saturated heterocycles. The highest BCUT2D eigenvalue weighted by molar-refractivity contribution is 5.79. The van der Waals surface area contributed by atoms with E-state index in [0.29, 0.717) is 6.42 Å². The Kier molecular flexibility index (Phi) is 3.64. The molecule has 1 aromatic rings. The highest BCUT2D eigenvalue weighted by atomic mass is 16.3. The standard InChI is InChI=1S/C13H18N2O2/c1-10-8-12(16)3-2-11(10)9-13(17)15-6-4-14-5-7-15/h2-3,8,14,16H,4-7,9H2,1H3. The lowest BCUT2D eigenvalue weighted by Crippen LogP contribution is -2.47. The van der Waals surface area contributed by atoms with Crippen LogP contribution in [0.5, 0.6) is 5.75 Å². The Hall–Kier alpha value is -1.55. The van der Waals surface area contributed by atoms with Crippen LogP contribution in [0.1, 0.15) is 11.1 Å². The summed E-state index contributed by atoms with van der Waals surface area (Å²) in [6, 6.07) is 5.15. The zero-order chi connectivity index (χ0) is 12.3. The van der Waals surface area contributed by atoms with Gasteiger partial charge in [-0.2, -0.15) is 0 Å². The molecular formula is C13H18N2O2. The van der Waals surface area contributed by atoms with Crippen molar-refractivity contribution in [2.45, 2.75) is 13.3 Å². The van der Waals surface area contributed by atoms with Gasteiger partial charge in [0.25, 0.3) is 0 Å². The fourth-order valence-electron chi connectivity index (χ4n) is 2.07. The van der Waals surface area contributed by atoms with Gasteiger partial charge in [-0.15, -0.1) is 0 Å². The van der Waals surface area contributed by atoms with Gasteiger partial charge in [0.2, 0.25) is 5.91 Å². The molecule has 1 aliphatic heterocycles. The first-order valence-corrected chi connectivity index (χ1v) is 5.94. The maximum Gasteiger partial charge on any atom is 0.227 e. The van der Waals surface area contributed by atoms with Crippen LogP contribution in [0.2, 0.25) is 0 Å². The Bertz CT molecular complexity index is 412. The van der Waals surface area contributed by atoms with Crippen LogP contribution in [-0.4, -0.2) is 42.1 Å². The summed E-state index contributed by atoms with van der Waals surface area (Å²) in [5.74, 6) is 0.418. The quantitative estimate of drug-likeness (QED) is 0.791. The first kappa shape index (κ1) is 11.9. The summed E-state index contributed by atoms with van der Waals surface area (Å²) in [5.41, 5.74) is 1.96. The molecule has 2 N–H and O–H groups in total. The van der Waals surface area contributed by atoms with Gasteiger partial charge in [-0.05, 0) is 30.2 Å². The highest BCUT2D eigenvalue weighted by Crippen LogP contribution is 2.16. The lowest BCUT2D eigenvalue weighted by Gasteiger charge is -2.27. The topological polar surface area (TPSA) is 52.6 Å². The maximum atomic E-state index is 12.0. The molecule has 1 amide bonds. The van der Waals surface area contributed by atoms with E-state index in [1.807, 2.05) is 17.9 Å². The third-order valence-electron chi connectivity index (χ3n) is 3.14. The number of hydrogen-bond acceptors (Lipinski definition) is 3. The summed E-state index contributed by atoms with van der Waals surface area (Å²) in [6.45, 7) is 5.24. The molecule has 1 aliphatic rings. The Morgan fingerprint density at radius 2 is 2.12 bits per heavy atom. The molecule has 0 unspecified atom stereocenters. The number of aromatic hydroxyl groups is 1. The Morgan fingerprint density at radius 3 is 2.76 bits per heavy atom. The molecule has 1 heterocycles. The number of phenols is 1. The number of rotatable bonds is 2. The number of carbonyl (C=O) groups is 1. The molecular weight excluding hydrogens is 216 g/mol. The highest BCUT2D eigenvalue weighted by Gasteiger charge is 2.16. The van der Waals surface area contributed by atoms with E-state index in [1.54, 1.807) is 12.1 Å². The lowest BCUT2D eigenvalue weighted by atomic mass is 10.0. The van der Waals surface area contributed by atoms with Gasteiger partial charge in [-0.25, -0.2) is 0 Å². The number of aryl methyl sites for hydroxylation is 1. The summed E-state index contributed by atoms with van der Waals surface area (Å²) < 4.78 is 0. The normalized spacial score (nSPS) is 15.9. The van der Waals surface area contributed by atoms with Gasteiger partial charge >= 0.3 is 0 Å². The number of amides is 1. The Labute approximate surface area is 101 Å². The van der Waals surface area contributed by atoms with Crippen LogP contribution in [0.3, 0.4) is 0 Å². The second-order valence-electron chi connectivity index (χ2n) is 4.42. The minimum atomic E-state index is 0.167. The van der Waals surface area contributed by atoms with Crippen molar-refractivity contribution in [2.24, 2.45) is 0 Å². The average molecular weight is 234 g/mol. The van der Waals surface area contributed by atoms with Gasteiger partial charge in [0.1, 0.15) is 5.75 Å². The van der Waals surface area contributed by atoms with Crippen molar-refractivity contribution in [1.82, 2.24) is 10.2 Å². The Balaban J connectivity index is 2.02. The molecule has 2 rings (SSSR count). The van der Waals surface area contributed by atoms with Crippen molar-refractivity contribution >= 4 is 5.91 Å². The van der Waals surface area contributed by atoms with Gasteiger partial charge in [-0.3, -0.25) is 4.79 Å². The van der Waals surface area contributed by atoms with E-state index < -0.39 is 0 Å². The van der Waals surface area contributed by atoms with E-state index >= 15 is 0 Å². The molecule has 0 aromatic heterocycles. The number of hydrogen-bond donors (Lipinski definition) is 2. The first-order chi connectivity index (χ1) is 8.16. The molecule has 0 atom stereocenters. The number of nitrogens with zero attached hydrogens (tertiary/aromatic N) is 1. The summed E-state index contributed by atoms with van der Waals surface area (Å²) >= 11 is 0. The smallest absolute Gasteiger partial charge is 0.227 e. The average Bonchev–Trinajstić information content (AvgIpc) is 2.34. The van der Waals surface area contributed by atoms with E-state index in [2.05, 4.69) is 5.32 Å². The van der Waals surface area contributed by atoms with Crippen LogP contribution in [0.4, 0.5) is 0 Å². The van der Waals surface area contributed by atoms with E-state index in [-0.39, 0.29) is 11.7 Å². The molecule has 4 heteroatoms. The second-order valence-corrected chi connectivity index (χ2v) is 4.42. The van der Waals surface area contributed by atoms with Crippen molar-refractivity contribution < 1.29 is 9.90 Å². The lowest BCUT2D eigenvalue weighted by molar-refractivity contribution is -0.131. The Morgan fingerprint density at radius 1 is 1.41 bits per heavy atom. The monoisotopic (exact) mass is 234 g/mol. The molecule has 1 aromatic carbocycles. The van der Waals surface area contributed by atoms with Crippen molar-refractivity contribution in [1.29, 1.82) is 0 Å². The number of nitrogens with one attached hydrogen (secondary N) is 1. The summed E-state index contributed by atoms with van der Waals surface area (Å²) in [4.78, 5) is 13.9. The van der Waals surface area contributed by atoms with Crippen molar-refractivity contribution in [3.05, 3.63) is 29.3 Å². The van der Waals surface area contributed by atoms with Gasteiger partial charge in [0.05, 0.1) is 6.42 Å². The number of phenolic OH excluding ortho intramolecular Hbond substituents is 1. The van der Waals surface area contributed by atoms with Crippen LogP contribution in [-0.2, 0) is 11.2 Å². The van der Waals surface area contributed by atoms with Gasteiger partial charge < -0.3 is 15.3 Å².